The zero-order chi connectivity index (χ0) is 19.3. The van der Waals surface area contributed by atoms with E-state index in [1.807, 2.05) is 35.2 Å². The van der Waals surface area contributed by atoms with Crippen LogP contribution in [0.4, 0.5) is 11.5 Å². The molecule has 2 aromatic rings. The van der Waals surface area contributed by atoms with Gasteiger partial charge in [-0.15, -0.1) is 0 Å². The maximum Gasteiger partial charge on any atom is 0.255 e. The molecule has 1 aromatic carbocycles. The van der Waals surface area contributed by atoms with Crippen molar-refractivity contribution in [3.8, 4) is 5.75 Å². The number of para-hydroxylation sites is 2. The standard InChI is InChI=1S/C21H26N4O3/c1-27-19-5-3-2-4-18(19)23-8-10-24(11-9-23)20-7-6-17(16-22-20)21(26)25-12-14-28-15-13-25/h2-7,16H,8-15H2,1H3. The number of benzene rings is 1. The van der Waals surface area contributed by atoms with Crippen LogP contribution >= 0.6 is 0 Å². The van der Waals surface area contributed by atoms with Crippen molar-refractivity contribution in [1.82, 2.24) is 9.88 Å². The van der Waals surface area contributed by atoms with Gasteiger partial charge in [0.05, 0.1) is 31.6 Å². The van der Waals surface area contributed by atoms with Gasteiger partial charge in [0, 0.05) is 45.5 Å². The fourth-order valence-corrected chi connectivity index (χ4v) is 3.72. The van der Waals surface area contributed by atoms with E-state index in [9.17, 15) is 4.79 Å². The van der Waals surface area contributed by atoms with Gasteiger partial charge < -0.3 is 24.2 Å². The summed E-state index contributed by atoms with van der Waals surface area (Å²) in [4.78, 5) is 23.5. The van der Waals surface area contributed by atoms with Gasteiger partial charge in [0.15, 0.2) is 0 Å². The largest absolute Gasteiger partial charge is 0.495 e. The van der Waals surface area contributed by atoms with Crippen LogP contribution in [0.3, 0.4) is 0 Å². The molecule has 0 unspecified atom stereocenters. The van der Waals surface area contributed by atoms with Crippen LogP contribution in [-0.4, -0.2) is 75.4 Å². The van der Waals surface area contributed by atoms with Crippen LogP contribution in [0.15, 0.2) is 42.6 Å². The highest BCUT2D eigenvalue weighted by molar-refractivity contribution is 5.94. The minimum atomic E-state index is 0.0309. The molecule has 1 aromatic heterocycles. The van der Waals surface area contributed by atoms with Crippen molar-refractivity contribution in [2.75, 3.05) is 69.4 Å². The van der Waals surface area contributed by atoms with E-state index in [0.717, 1.165) is 43.4 Å². The number of piperazine rings is 1. The average molecular weight is 382 g/mol. The molecule has 1 amide bonds. The second-order valence-electron chi connectivity index (χ2n) is 6.96. The molecular formula is C21H26N4O3. The monoisotopic (exact) mass is 382 g/mol. The summed E-state index contributed by atoms with van der Waals surface area (Å²) < 4.78 is 10.8. The second kappa shape index (κ2) is 8.48. The maximum atomic E-state index is 12.5. The first kappa shape index (κ1) is 18.6. The van der Waals surface area contributed by atoms with Crippen molar-refractivity contribution in [2.45, 2.75) is 0 Å². The molecule has 2 aliphatic heterocycles. The van der Waals surface area contributed by atoms with Gasteiger partial charge >= 0.3 is 0 Å². The molecule has 0 aliphatic carbocycles. The van der Waals surface area contributed by atoms with E-state index in [2.05, 4.69) is 20.9 Å². The molecule has 0 radical (unpaired) electrons. The predicted molar refractivity (Wildman–Crippen MR) is 108 cm³/mol. The van der Waals surface area contributed by atoms with Crippen molar-refractivity contribution in [3.63, 3.8) is 0 Å². The molecule has 148 valence electrons. The van der Waals surface area contributed by atoms with Gasteiger partial charge in [-0.3, -0.25) is 4.79 Å². The number of carbonyl (C=O) groups excluding carboxylic acids is 1. The number of hydrogen-bond donors (Lipinski definition) is 0. The quantitative estimate of drug-likeness (QED) is 0.805. The normalized spacial score (nSPS) is 17.5. The van der Waals surface area contributed by atoms with Gasteiger partial charge in [0.1, 0.15) is 11.6 Å². The third-order valence-corrected chi connectivity index (χ3v) is 5.32. The van der Waals surface area contributed by atoms with E-state index in [1.165, 1.54) is 0 Å². The Balaban J connectivity index is 1.37. The van der Waals surface area contributed by atoms with Crippen LogP contribution in [0.25, 0.3) is 0 Å². The number of morpholine rings is 1. The molecule has 28 heavy (non-hydrogen) atoms. The van der Waals surface area contributed by atoms with E-state index in [4.69, 9.17) is 9.47 Å². The minimum absolute atomic E-state index is 0.0309. The molecule has 4 rings (SSSR count). The summed E-state index contributed by atoms with van der Waals surface area (Å²) >= 11 is 0. The molecule has 7 heteroatoms. The summed E-state index contributed by atoms with van der Waals surface area (Å²) in [6.07, 6.45) is 1.69. The van der Waals surface area contributed by atoms with Gasteiger partial charge in [-0.25, -0.2) is 4.98 Å². The Labute approximate surface area is 165 Å². The minimum Gasteiger partial charge on any atom is -0.495 e. The molecule has 0 saturated carbocycles. The predicted octanol–water partition coefficient (Wildman–Crippen LogP) is 1.89. The number of hydrogen-bond acceptors (Lipinski definition) is 6. The molecule has 2 saturated heterocycles. The smallest absolute Gasteiger partial charge is 0.255 e. The Hall–Kier alpha value is -2.80. The van der Waals surface area contributed by atoms with Crippen molar-refractivity contribution in [3.05, 3.63) is 48.2 Å². The zero-order valence-electron chi connectivity index (χ0n) is 16.2. The Bertz CT molecular complexity index is 798. The number of rotatable bonds is 4. The third kappa shape index (κ3) is 3.89. The number of aromatic nitrogens is 1. The van der Waals surface area contributed by atoms with Crippen molar-refractivity contribution in [1.29, 1.82) is 0 Å². The van der Waals surface area contributed by atoms with Crippen molar-refractivity contribution in [2.24, 2.45) is 0 Å². The first-order valence-electron chi connectivity index (χ1n) is 9.72. The third-order valence-electron chi connectivity index (χ3n) is 5.32. The first-order valence-corrected chi connectivity index (χ1v) is 9.72. The summed E-state index contributed by atoms with van der Waals surface area (Å²) in [7, 11) is 1.71. The fraction of sp³-hybridized carbons (Fsp3) is 0.429. The van der Waals surface area contributed by atoms with Crippen LogP contribution < -0.4 is 14.5 Å². The summed E-state index contributed by atoms with van der Waals surface area (Å²) in [5, 5.41) is 0. The lowest BCUT2D eigenvalue weighted by atomic mass is 10.2. The molecule has 2 aliphatic rings. The van der Waals surface area contributed by atoms with Gasteiger partial charge in [-0.2, -0.15) is 0 Å². The number of nitrogens with zero attached hydrogens (tertiary/aromatic N) is 4. The van der Waals surface area contributed by atoms with Crippen molar-refractivity contribution >= 4 is 17.4 Å². The van der Waals surface area contributed by atoms with Crippen LogP contribution in [0.5, 0.6) is 5.75 Å². The van der Waals surface area contributed by atoms with E-state index in [0.29, 0.717) is 31.9 Å². The number of pyridine rings is 1. The highest BCUT2D eigenvalue weighted by Gasteiger charge is 2.22. The van der Waals surface area contributed by atoms with Gasteiger partial charge in [-0.05, 0) is 24.3 Å². The lowest BCUT2D eigenvalue weighted by Gasteiger charge is -2.37. The lowest BCUT2D eigenvalue weighted by molar-refractivity contribution is 0.0302. The van der Waals surface area contributed by atoms with Gasteiger partial charge in [0.25, 0.3) is 5.91 Å². The lowest BCUT2D eigenvalue weighted by Crippen LogP contribution is -2.47. The summed E-state index contributed by atoms with van der Waals surface area (Å²) in [5.41, 5.74) is 1.77. The number of methoxy groups -OCH3 is 1. The Kier molecular flexibility index (Phi) is 5.62. The number of ether oxygens (including phenoxy) is 2. The van der Waals surface area contributed by atoms with E-state index in [-0.39, 0.29) is 5.91 Å². The average Bonchev–Trinajstić information content (AvgIpc) is 2.79. The molecule has 0 atom stereocenters. The Morgan fingerprint density at radius 3 is 2.36 bits per heavy atom. The number of carbonyl (C=O) groups is 1. The van der Waals surface area contributed by atoms with E-state index < -0.39 is 0 Å². The SMILES string of the molecule is COc1ccccc1N1CCN(c2ccc(C(=O)N3CCOCC3)cn2)CC1. The molecular weight excluding hydrogens is 356 g/mol. The Morgan fingerprint density at radius 2 is 1.68 bits per heavy atom. The van der Waals surface area contributed by atoms with Crippen LogP contribution in [-0.2, 0) is 4.74 Å². The molecule has 3 heterocycles. The summed E-state index contributed by atoms with van der Waals surface area (Å²) in [5.74, 6) is 1.85. The second-order valence-corrected chi connectivity index (χ2v) is 6.96. The van der Waals surface area contributed by atoms with Gasteiger partial charge in [-0.1, -0.05) is 12.1 Å². The van der Waals surface area contributed by atoms with Crippen molar-refractivity contribution < 1.29 is 14.3 Å². The highest BCUT2D eigenvalue weighted by Crippen LogP contribution is 2.29. The summed E-state index contributed by atoms with van der Waals surface area (Å²) in [6, 6.07) is 11.9. The molecule has 2 fully saturated rings. The van der Waals surface area contributed by atoms with Gasteiger partial charge in [0.2, 0.25) is 0 Å². The number of amides is 1. The zero-order valence-corrected chi connectivity index (χ0v) is 16.2. The van der Waals surface area contributed by atoms with Crippen LogP contribution in [0.2, 0.25) is 0 Å². The summed E-state index contributed by atoms with van der Waals surface area (Å²) in [6.45, 7) is 6.05. The van der Waals surface area contributed by atoms with E-state index in [1.54, 1.807) is 13.3 Å². The fourth-order valence-electron chi connectivity index (χ4n) is 3.72. The molecule has 7 nitrogen and oxygen atoms in total. The van der Waals surface area contributed by atoms with Crippen LogP contribution in [0.1, 0.15) is 10.4 Å². The molecule has 0 spiro atoms. The van der Waals surface area contributed by atoms with E-state index >= 15 is 0 Å². The first-order chi connectivity index (χ1) is 13.8. The maximum absolute atomic E-state index is 12.5. The topological polar surface area (TPSA) is 58.1 Å². The highest BCUT2D eigenvalue weighted by atomic mass is 16.5. The van der Waals surface area contributed by atoms with Crippen LogP contribution in [0, 0.1) is 0 Å². The molecule has 0 bridgehead atoms. The number of anilines is 2. The Morgan fingerprint density at radius 1 is 0.964 bits per heavy atom. The molecule has 0 N–H and O–H groups in total.